The van der Waals surface area contributed by atoms with Crippen LogP contribution in [0.2, 0.25) is 0 Å². The highest BCUT2D eigenvalue weighted by Gasteiger charge is 1.55. The predicted octanol–water partition coefficient (Wildman–Crippen LogP) is -4.61. The maximum absolute atomic E-state index is 9.14. The third-order valence-corrected chi connectivity index (χ3v) is 0.167. The van der Waals surface area contributed by atoms with Crippen LogP contribution >= 0.6 is 0 Å². The largest absolute Gasteiger partial charge is 0.545 e. The lowest BCUT2D eigenvalue weighted by Gasteiger charge is -1.81. The SMILES string of the molecule is C=CC(=O)[O-].[IH2+]. The van der Waals surface area contributed by atoms with Gasteiger partial charge in [0, 0.05) is 0 Å². The maximum atomic E-state index is 9.14. The van der Waals surface area contributed by atoms with Crippen LogP contribution < -0.4 is 29.1 Å². The molecule has 0 N–H and O–H groups in total. The van der Waals surface area contributed by atoms with Crippen molar-refractivity contribution >= 4 is 5.97 Å². The van der Waals surface area contributed by atoms with Crippen LogP contribution in [0.25, 0.3) is 0 Å². The molecule has 0 rings (SSSR count). The number of carboxylic acid groups (broad SMARTS) is 1. The molecule has 0 atom stereocenters. The zero-order chi connectivity index (χ0) is 4.28. The van der Waals surface area contributed by atoms with Crippen molar-refractivity contribution in [1.29, 1.82) is 0 Å². The molecule has 3 heteroatoms. The lowest BCUT2D eigenvalue weighted by atomic mass is 10.7. The van der Waals surface area contributed by atoms with Crippen LogP contribution in [-0.2, 0) is 4.79 Å². The Hall–Kier alpha value is -0.0600. The topological polar surface area (TPSA) is 40.1 Å². The van der Waals surface area contributed by atoms with E-state index in [4.69, 9.17) is 9.90 Å². The van der Waals surface area contributed by atoms with Crippen LogP contribution in [0.3, 0.4) is 0 Å². The Kier molecular flexibility index (Phi) is 7.69. The molecule has 0 radical (unpaired) electrons. The summed E-state index contributed by atoms with van der Waals surface area (Å²) in [7, 11) is 0. The lowest BCUT2D eigenvalue weighted by Crippen LogP contribution is -3.00. The summed E-state index contributed by atoms with van der Waals surface area (Å²) in [5.74, 6) is -1.23. The van der Waals surface area contributed by atoms with Crippen molar-refractivity contribution in [2.24, 2.45) is 0 Å². The molecule has 6 heavy (non-hydrogen) atoms. The predicted molar refractivity (Wildman–Crippen MR) is 18.0 cm³/mol. The molecule has 0 amide bonds. The van der Waals surface area contributed by atoms with Crippen molar-refractivity contribution in [3.05, 3.63) is 12.7 Å². The fraction of sp³-hybridized carbons (Fsp3) is 0. The Morgan fingerprint density at radius 1 is 1.83 bits per heavy atom. The number of carboxylic acids is 1. The molecule has 36 valence electrons. The van der Waals surface area contributed by atoms with Gasteiger partial charge in [0.05, 0.1) is 5.97 Å². The third kappa shape index (κ3) is 9.05. The minimum absolute atomic E-state index is 0. The first-order chi connectivity index (χ1) is 2.27. The molecule has 0 saturated heterocycles. The van der Waals surface area contributed by atoms with Crippen molar-refractivity contribution in [2.75, 3.05) is 0 Å². The van der Waals surface area contributed by atoms with Gasteiger partial charge in [0.15, 0.2) is 0 Å². The molecule has 0 aliphatic heterocycles. The summed E-state index contributed by atoms with van der Waals surface area (Å²) in [6.45, 7) is 2.90. The summed E-state index contributed by atoms with van der Waals surface area (Å²) in [6, 6.07) is 0. The van der Waals surface area contributed by atoms with Crippen molar-refractivity contribution in [3.8, 4) is 0 Å². The summed E-state index contributed by atoms with van der Waals surface area (Å²) in [4.78, 5) is 9.14. The Labute approximate surface area is 52.9 Å². The molecule has 2 nitrogen and oxygen atoms in total. The van der Waals surface area contributed by atoms with E-state index in [1.165, 1.54) is 0 Å². The molecule has 0 spiro atoms. The fourth-order valence-electron chi connectivity index (χ4n) is 0. The van der Waals surface area contributed by atoms with Gasteiger partial charge in [0.25, 0.3) is 0 Å². The molecule has 0 aliphatic rings. The van der Waals surface area contributed by atoms with Crippen LogP contribution in [0.5, 0.6) is 0 Å². The number of aliphatic carboxylic acids is 1. The van der Waals surface area contributed by atoms with Gasteiger partial charge < -0.3 is 9.90 Å². The van der Waals surface area contributed by atoms with Gasteiger partial charge in [-0.3, -0.25) is 0 Å². The second-order valence-corrected chi connectivity index (χ2v) is 0.523. The van der Waals surface area contributed by atoms with E-state index in [-0.39, 0.29) is 24.0 Å². The molecule has 0 aromatic carbocycles. The van der Waals surface area contributed by atoms with E-state index >= 15 is 0 Å². The number of halogens is 1. The monoisotopic (exact) mass is 200 g/mol. The van der Waals surface area contributed by atoms with Crippen LogP contribution in [-0.4, -0.2) is 5.97 Å². The maximum Gasteiger partial charge on any atom is 0.235 e. The first-order valence-electron chi connectivity index (χ1n) is 1.11. The highest BCUT2D eigenvalue weighted by Crippen LogP contribution is 1.47. The third-order valence-electron chi connectivity index (χ3n) is 0.167. The zero-order valence-electron chi connectivity index (χ0n) is 3.05. The molecular formula is C3H5IO2. The van der Waals surface area contributed by atoms with Gasteiger partial charge in [-0.25, -0.2) is 0 Å². The van der Waals surface area contributed by atoms with Crippen LogP contribution in [0.4, 0.5) is 0 Å². The Bertz CT molecular complexity index is 59.8. The summed E-state index contributed by atoms with van der Waals surface area (Å²) in [6.07, 6.45) is 0.722. The number of carbonyl (C=O) groups excluding carboxylic acids is 1. The summed E-state index contributed by atoms with van der Waals surface area (Å²) in [5, 5.41) is 9.14. The number of hydrogen-bond donors (Lipinski definition) is 0. The minimum atomic E-state index is -1.23. The number of carbonyl (C=O) groups is 1. The number of rotatable bonds is 1. The second-order valence-electron chi connectivity index (χ2n) is 0.523. The molecule has 0 fully saturated rings. The van der Waals surface area contributed by atoms with E-state index in [0.717, 1.165) is 6.08 Å². The van der Waals surface area contributed by atoms with E-state index in [9.17, 15) is 0 Å². The van der Waals surface area contributed by atoms with Crippen molar-refractivity contribution < 1.29 is 33.9 Å². The summed E-state index contributed by atoms with van der Waals surface area (Å²) >= 11 is 0. The highest BCUT2D eigenvalue weighted by atomic mass is 127. The van der Waals surface area contributed by atoms with E-state index in [0.29, 0.717) is 0 Å². The number of hydrogen-bond acceptors (Lipinski definition) is 2. The van der Waals surface area contributed by atoms with Crippen LogP contribution in [0, 0.1) is 0 Å². The average Bonchev–Trinajstić information content (AvgIpc) is 1.38. The average molecular weight is 200 g/mol. The molecular weight excluding hydrogens is 195 g/mol. The van der Waals surface area contributed by atoms with Gasteiger partial charge in [-0.05, 0) is 6.08 Å². The van der Waals surface area contributed by atoms with Crippen molar-refractivity contribution in [1.82, 2.24) is 0 Å². The van der Waals surface area contributed by atoms with Gasteiger partial charge in [-0.1, -0.05) is 6.58 Å². The van der Waals surface area contributed by atoms with Gasteiger partial charge in [-0.15, -0.1) is 0 Å². The molecule has 0 unspecified atom stereocenters. The molecule has 0 bridgehead atoms. The second kappa shape index (κ2) is 4.94. The van der Waals surface area contributed by atoms with Crippen LogP contribution in [0.1, 0.15) is 0 Å². The van der Waals surface area contributed by atoms with Gasteiger partial charge in [-0.2, -0.15) is 0 Å². The van der Waals surface area contributed by atoms with E-state index in [1.54, 1.807) is 0 Å². The van der Waals surface area contributed by atoms with Gasteiger partial charge in [0.2, 0.25) is 24.0 Å². The standard InChI is InChI=1S/C3H4O2.H2I/c1-2-3(4)5;/h2H,1H2,(H,4,5);1H2/q;+1/p-1. The van der Waals surface area contributed by atoms with Gasteiger partial charge >= 0.3 is 0 Å². The van der Waals surface area contributed by atoms with Crippen molar-refractivity contribution in [3.63, 3.8) is 0 Å². The van der Waals surface area contributed by atoms with Gasteiger partial charge in [0.1, 0.15) is 0 Å². The normalized spacial score (nSPS) is 5.33. The first kappa shape index (κ1) is 9.34. The summed E-state index contributed by atoms with van der Waals surface area (Å²) < 4.78 is 0. The van der Waals surface area contributed by atoms with Crippen molar-refractivity contribution in [2.45, 2.75) is 0 Å². The molecule has 0 aromatic heterocycles. The van der Waals surface area contributed by atoms with Crippen LogP contribution in [0.15, 0.2) is 12.7 Å². The fourth-order valence-corrected chi connectivity index (χ4v) is 0. The molecule has 0 saturated carbocycles. The van der Waals surface area contributed by atoms with E-state index in [1.807, 2.05) is 0 Å². The minimum Gasteiger partial charge on any atom is -0.545 e. The lowest BCUT2D eigenvalue weighted by molar-refractivity contribution is -0.297. The molecule has 0 aliphatic carbocycles. The Balaban J connectivity index is 0. The quantitative estimate of drug-likeness (QED) is 0.315. The van der Waals surface area contributed by atoms with E-state index < -0.39 is 5.97 Å². The molecule has 0 aromatic rings. The van der Waals surface area contributed by atoms with E-state index in [2.05, 4.69) is 6.58 Å². The smallest absolute Gasteiger partial charge is 0.235 e. The first-order valence-corrected chi connectivity index (χ1v) is 1.11. The zero-order valence-corrected chi connectivity index (χ0v) is 5.60. The molecule has 0 heterocycles. The Morgan fingerprint density at radius 3 is 2.00 bits per heavy atom. The highest BCUT2D eigenvalue weighted by molar-refractivity contribution is 5.76. The summed E-state index contributed by atoms with van der Waals surface area (Å²) in [5.41, 5.74) is 0. The Morgan fingerprint density at radius 2 is 2.00 bits per heavy atom.